The van der Waals surface area contributed by atoms with Gasteiger partial charge in [0.2, 0.25) is 0 Å². The summed E-state index contributed by atoms with van der Waals surface area (Å²) in [6, 6.07) is 3.71. The predicted octanol–water partition coefficient (Wildman–Crippen LogP) is 3.24. The van der Waals surface area contributed by atoms with Crippen LogP contribution in [0.5, 0.6) is 0 Å². The molecule has 0 saturated carbocycles. The fourth-order valence-electron chi connectivity index (χ4n) is 1.31. The molecule has 0 bridgehead atoms. The minimum atomic E-state index is -0.114. The predicted molar refractivity (Wildman–Crippen MR) is 70.8 cm³/mol. The molecule has 17 heavy (non-hydrogen) atoms. The smallest absolute Gasteiger partial charge is 0.252 e. The maximum Gasteiger partial charge on any atom is 0.252 e. The normalized spacial score (nSPS) is 12.5. The maximum atomic E-state index is 11.9. The Hall–Kier alpha value is -1.90. The molecule has 1 rings (SSSR count). The summed E-state index contributed by atoms with van der Waals surface area (Å²) in [5.41, 5.74) is 2.72. The second kappa shape index (κ2) is 5.99. The molecule has 1 N–H and O–H groups in total. The van der Waals surface area contributed by atoms with Gasteiger partial charge in [-0.15, -0.1) is 0 Å². The molecule has 3 nitrogen and oxygen atoms in total. The molecule has 0 spiro atoms. The van der Waals surface area contributed by atoms with Crippen LogP contribution in [0.25, 0.3) is 0 Å². The van der Waals surface area contributed by atoms with E-state index in [1.165, 1.54) is 0 Å². The van der Waals surface area contributed by atoms with Gasteiger partial charge in [-0.1, -0.05) is 18.2 Å². The van der Waals surface area contributed by atoms with E-state index in [2.05, 4.69) is 10.3 Å². The van der Waals surface area contributed by atoms with Crippen LogP contribution in [0.4, 0.5) is 5.82 Å². The lowest BCUT2D eigenvalue weighted by Gasteiger charge is -2.06. The summed E-state index contributed by atoms with van der Waals surface area (Å²) >= 11 is 0. The summed E-state index contributed by atoms with van der Waals surface area (Å²) in [6.07, 6.45) is 5.56. The number of aryl methyl sites for hydroxylation is 1. The molecule has 3 heteroatoms. The van der Waals surface area contributed by atoms with Crippen LogP contribution in [0, 0.1) is 6.92 Å². The molecule has 0 atom stereocenters. The number of carbonyl (C=O) groups excluding carboxylic acids is 1. The fraction of sp³-hybridized carbons (Fsp3) is 0.286. The van der Waals surface area contributed by atoms with Gasteiger partial charge in [-0.2, -0.15) is 0 Å². The van der Waals surface area contributed by atoms with Gasteiger partial charge in [-0.25, -0.2) is 4.98 Å². The number of carbonyl (C=O) groups is 1. The molecule has 0 saturated heterocycles. The van der Waals surface area contributed by atoms with Crippen LogP contribution in [0.1, 0.15) is 26.3 Å². The van der Waals surface area contributed by atoms with Gasteiger partial charge in [0.05, 0.1) is 0 Å². The van der Waals surface area contributed by atoms with Crippen LogP contribution in [0.15, 0.2) is 41.6 Å². The summed E-state index contributed by atoms with van der Waals surface area (Å²) in [6.45, 7) is 7.60. The van der Waals surface area contributed by atoms with Gasteiger partial charge < -0.3 is 5.32 Å². The van der Waals surface area contributed by atoms with E-state index in [4.69, 9.17) is 0 Å². The third-order valence-electron chi connectivity index (χ3n) is 2.50. The average molecular weight is 230 g/mol. The Balaban J connectivity index is 2.79. The van der Waals surface area contributed by atoms with Gasteiger partial charge >= 0.3 is 0 Å². The number of hydrogen-bond acceptors (Lipinski definition) is 2. The largest absolute Gasteiger partial charge is 0.307 e. The van der Waals surface area contributed by atoms with Crippen molar-refractivity contribution in [1.29, 1.82) is 0 Å². The molecule has 0 radical (unpaired) electrons. The van der Waals surface area contributed by atoms with Crippen molar-refractivity contribution in [3.63, 3.8) is 0 Å². The molecule has 1 heterocycles. The molecule has 1 amide bonds. The third-order valence-corrected chi connectivity index (χ3v) is 2.50. The highest BCUT2D eigenvalue weighted by atomic mass is 16.1. The molecular formula is C14H18N2O. The molecule has 0 unspecified atom stereocenters. The summed E-state index contributed by atoms with van der Waals surface area (Å²) in [5.74, 6) is 0.463. The molecule has 0 aliphatic rings. The van der Waals surface area contributed by atoms with Gasteiger partial charge in [0, 0.05) is 11.8 Å². The lowest BCUT2D eigenvalue weighted by Crippen LogP contribution is -2.14. The van der Waals surface area contributed by atoms with E-state index in [1.54, 1.807) is 19.2 Å². The van der Waals surface area contributed by atoms with Crippen LogP contribution in [0.2, 0.25) is 0 Å². The van der Waals surface area contributed by atoms with Crippen LogP contribution in [0.3, 0.4) is 0 Å². The molecule has 1 aromatic rings. The zero-order chi connectivity index (χ0) is 12.8. The Labute approximate surface area is 102 Å². The van der Waals surface area contributed by atoms with Gasteiger partial charge in [0.15, 0.2) is 0 Å². The van der Waals surface area contributed by atoms with Gasteiger partial charge in [0.1, 0.15) is 5.82 Å². The number of amides is 1. The van der Waals surface area contributed by atoms with Crippen LogP contribution in [-0.2, 0) is 4.79 Å². The number of rotatable bonds is 3. The zero-order valence-corrected chi connectivity index (χ0v) is 10.7. The SMILES string of the molecule is C/C=C\C(C)=C(/C)C(=O)Nc1ccc(C)cn1. The van der Waals surface area contributed by atoms with Crippen molar-refractivity contribution < 1.29 is 4.79 Å². The first-order chi connectivity index (χ1) is 8.04. The summed E-state index contributed by atoms with van der Waals surface area (Å²) in [5, 5.41) is 2.77. The molecule has 0 aliphatic heterocycles. The topological polar surface area (TPSA) is 42.0 Å². The molecule has 0 fully saturated rings. The highest BCUT2D eigenvalue weighted by Gasteiger charge is 2.07. The number of nitrogens with one attached hydrogen (secondary N) is 1. The molecular weight excluding hydrogens is 212 g/mol. The van der Waals surface area contributed by atoms with Crippen molar-refractivity contribution in [3.8, 4) is 0 Å². The highest BCUT2D eigenvalue weighted by molar-refractivity contribution is 6.03. The van der Waals surface area contributed by atoms with Crippen molar-refractivity contribution in [2.45, 2.75) is 27.7 Å². The van der Waals surface area contributed by atoms with Crippen LogP contribution >= 0.6 is 0 Å². The molecule has 0 aromatic carbocycles. The van der Waals surface area contributed by atoms with Gasteiger partial charge in [0.25, 0.3) is 5.91 Å². The Kier molecular flexibility index (Phi) is 4.64. The third kappa shape index (κ3) is 3.87. The molecule has 0 aliphatic carbocycles. The van der Waals surface area contributed by atoms with Crippen molar-refractivity contribution in [2.75, 3.05) is 5.32 Å². The Morgan fingerprint density at radius 3 is 2.59 bits per heavy atom. The van der Waals surface area contributed by atoms with E-state index < -0.39 is 0 Å². The monoisotopic (exact) mass is 230 g/mol. The first-order valence-electron chi connectivity index (χ1n) is 5.58. The second-order valence-electron chi connectivity index (χ2n) is 3.98. The van der Waals surface area contributed by atoms with Crippen LogP contribution < -0.4 is 5.32 Å². The van der Waals surface area contributed by atoms with Crippen molar-refractivity contribution >= 4 is 11.7 Å². The van der Waals surface area contributed by atoms with E-state index in [0.717, 1.165) is 11.1 Å². The van der Waals surface area contributed by atoms with Crippen molar-refractivity contribution in [1.82, 2.24) is 4.98 Å². The first-order valence-corrected chi connectivity index (χ1v) is 5.58. The van der Waals surface area contributed by atoms with Crippen molar-refractivity contribution in [2.24, 2.45) is 0 Å². The lowest BCUT2D eigenvalue weighted by molar-refractivity contribution is -0.112. The van der Waals surface area contributed by atoms with Crippen molar-refractivity contribution in [3.05, 3.63) is 47.2 Å². The fourth-order valence-corrected chi connectivity index (χ4v) is 1.31. The summed E-state index contributed by atoms with van der Waals surface area (Å²) < 4.78 is 0. The number of hydrogen-bond donors (Lipinski definition) is 1. The molecule has 90 valence electrons. The Morgan fingerprint density at radius 1 is 1.35 bits per heavy atom. The minimum absolute atomic E-state index is 0.114. The highest BCUT2D eigenvalue weighted by Crippen LogP contribution is 2.09. The van der Waals surface area contributed by atoms with E-state index in [9.17, 15) is 4.79 Å². The van der Waals surface area contributed by atoms with E-state index in [1.807, 2.05) is 39.0 Å². The standard InChI is InChI=1S/C14H18N2O/c1-5-6-11(3)12(4)14(17)16-13-8-7-10(2)9-15-13/h5-9H,1-4H3,(H,15,16,17)/b6-5-,12-11+. The quantitative estimate of drug-likeness (QED) is 0.639. The number of pyridine rings is 1. The first kappa shape index (κ1) is 13.2. The lowest BCUT2D eigenvalue weighted by atomic mass is 10.1. The number of anilines is 1. The minimum Gasteiger partial charge on any atom is -0.307 e. The average Bonchev–Trinajstić information content (AvgIpc) is 2.31. The molecule has 1 aromatic heterocycles. The summed E-state index contributed by atoms with van der Waals surface area (Å²) in [7, 11) is 0. The second-order valence-corrected chi connectivity index (χ2v) is 3.98. The van der Waals surface area contributed by atoms with E-state index >= 15 is 0 Å². The van der Waals surface area contributed by atoms with Crippen LogP contribution in [-0.4, -0.2) is 10.9 Å². The van der Waals surface area contributed by atoms with E-state index in [-0.39, 0.29) is 5.91 Å². The van der Waals surface area contributed by atoms with Gasteiger partial charge in [-0.3, -0.25) is 4.79 Å². The number of nitrogens with zero attached hydrogens (tertiary/aromatic N) is 1. The maximum absolute atomic E-state index is 11.9. The van der Waals surface area contributed by atoms with Gasteiger partial charge in [-0.05, 0) is 44.9 Å². The van der Waals surface area contributed by atoms with E-state index in [0.29, 0.717) is 11.4 Å². The summed E-state index contributed by atoms with van der Waals surface area (Å²) in [4.78, 5) is 16.0. The Morgan fingerprint density at radius 2 is 2.06 bits per heavy atom. The zero-order valence-electron chi connectivity index (χ0n) is 10.7. The Bertz CT molecular complexity index is 456. The number of aromatic nitrogens is 1. The number of allylic oxidation sites excluding steroid dienone is 3.